The van der Waals surface area contributed by atoms with Crippen LogP contribution in [0, 0.1) is 11.6 Å². The van der Waals surface area contributed by atoms with Crippen LogP contribution in [0.15, 0.2) is 18.2 Å². The number of carbonyl (C=O) groups is 2. The lowest BCUT2D eigenvalue weighted by molar-refractivity contribution is -0.122. The number of aliphatic hydroxyl groups is 1. The predicted octanol–water partition coefficient (Wildman–Crippen LogP) is 0.726. The summed E-state index contributed by atoms with van der Waals surface area (Å²) in [5.41, 5.74) is -0.904. The van der Waals surface area contributed by atoms with E-state index in [0.717, 1.165) is 24.6 Å². The first-order valence-electron chi connectivity index (χ1n) is 6.62. The van der Waals surface area contributed by atoms with Crippen molar-refractivity contribution >= 4 is 11.8 Å². The minimum atomic E-state index is -1.13. The van der Waals surface area contributed by atoms with Gasteiger partial charge in [-0.25, -0.2) is 8.78 Å². The Morgan fingerprint density at radius 2 is 1.90 bits per heavy atom. The molecular weight excluding hydrogens is 282 g/mol. The largest absolute Gasteiger partial charge is 0.388 e. The molecule has 3 N–H and O–H groups in total. The average Bonchev–Trinajstić information content (AvgIpc) is 2.43. The number of benzene rings is 1. The van der Waals surface area contributed by atoms with Crippen LogP contribution in [-0.4, -0.2) is 35.6 Å². The number of nitrogens with one attached hydrogen (secondary N) is 2. The van der Waals surface area contributed by atoms with E-state index in [1.165, 1.54) is 0 Å². The van der Waals surface area contributed by atoms with Crippen molar-refractivity contribution in [3.05, 3.63) is 35.4 Å². The third-order valence-electron chi connectivity index (χ3n) is 3.49. The molecule has 0 bridgehead atoms. The van der Waals surface area contributed by atoms with Crippen LogP contribution >= 0.6 is 0 Å². The molecule has 1 saturated carbocycles. The van der Waals surface area contributed by atoms with E-state index in [1.807, 2.05) is 0 Å². The second-order valence-electron chi connectivity index (χ2n) is 5.17. The van der Waals surface area contributed by atoms with Gasteiger partial charge in [0.1, 0.15) is 0 Å². The highest BCUT2D eigenvalue weighted by atomic mass is 19.2. The molecule has 0 atom stereocenters. The van der Waals surface area contributed by atoms with Gasteiger partial charge in [-0.3, -0.25) is 9.59 Å². The van der Waals surface area contributed by atoms with E-state index in [-0.39, 0.29) is 18.7 Å². The summed E-state index contributed by atoms with van der Waals surface area (Å²) in [6.45, 7) is -0.152. The zero-order valence-electron chi connectivity index (χ0n) is 11.3. The third-order valence-corrected chi connectivity index (χ3v) is 3.49. The first kappa shape index (κ1) is 15.4. The summed E-state index contributed by atoms with van der Waals surface area (Å²) in [7, 11) is 0. The van der Waals surface area contributed by atoms with Gasteiger partial charge in [0.25, 0.3) is 5.91 Å². The first-order chi connectivity index (χ1) is 9.89. The van der Waals surface area contributed by atoms with E-state index < -0.39 is 29.0 Å². The zero-order chi connectivity index (χ0) is 15.5. The maximum absolute atomic E-state index is 13.0. The van der Waals surface area contributed by atoms with Crippen LogP contribution in [0.25, 0.3) is 0 Å². The summed E-state index contributed by atoms with van der Waals surface area (Å²) in [5.74, 6) is -3.30. The molecule has 1 aromatic rings. The van der Waals surface area contributed by atoms with Crippen LogP contribution in [0.1, 0.15) is 29.6 Å². The molecule has 0 unspecified atom stereocenters. The van der Waals surface area contributed by atoms with Gasteiger partial charge in [-0.15, -0.1) is 0 Å². The Balaban J connectivity index is 1.77. The number of carbonyl (C=O) groups excluding carboxylic acids is 2. The normalized spacial score (nSPS) is 16.0. The molecule has 0 aromatic heterocycles. The number of rotatable bonds is 5. The van der Waals surface area contributed by atoms with Crippen LogP contribution in [-0.2, 0) is 4.79 Å². The Labute approximate surface area is 120 Å². The highest BCUT2D eigenvalue weighted by Crippen LogP contribution is 2.30. The molecule has 0 spiro atoms. The summed E-state index contributed by atoms with van der Waals surface area (Å²) in [6.07, 6.45) is 2.22. The Hall–Kier alpha value is -2.02. The smallest absolute Gasteiger partial charge is 0.251 e. The molecule has 0 radical (unpaired) electrons. The van der Waals surface area contributed by atoms with Gasteiger partial charge < -0.3 is 15.7 Å². The molecule has 0 heterocycles. The van der Waals surface area contributed by atoms with Crippen LogP contribution in [0.4, 0.5) is 8.78 Å². The predicted molar refractivity (Wildman–Crippen MR) is 70.5 cm³/mol. The molecule has 1 aliphatic carbocycles. The van der Waals surface area contributed by atoms with Gasteiger partial charge >= 0.3 is 0 Å². The van der Waals surface area contributed by atoms with E-state index >= 15 is 0 Å². The number of hydrogen-bond donors (Lipinski definition) is 3. The van der Waals surface area contributed by atoms with Gasteiger partial charge in [-0.2, -0.15) is 0 Å². The molecule has 1 aromatic carbocycles. The zero-order valence-corrected chi connectivity index (χ0v) is 11.3. The maximum atomic E-state index is 13.0. The fourth-order valence-electron chi connectivity index (χ4n) is 1.99. The molecule has 7 heteroatoms. The third kappa shape index (κ3) is 3.98. The van der Waals surface area contributed by atoms with Crippen LogP contribution in [0.3, 0.4) is 0 Å². The summed E-state index contributed by atoms with van der Waals surface area (Å²) in [5, 5.41) is 14.6. The van der Waals surface area contributed by atoms with Crippen molar-refractivity contribution in [2.75, 3.05) is 13.1 Å². The number of hydrogen-bond acceptors (Lipinski definition) is 3. The molecule has 2 amide bonds. The van der Waals surface area contributed by atoms with E-state index in [2.05, 4.69) is 10.6 Å². The molecule has 1 aliphatic rings. The van der Waals surface area contributed by atoms with Gasteiger partial charge in [0.05, 0.1) is 12.1 Å². The van der Waals surface area contributed by atoms with E-state index in [9.17, 15) is 23.5 Å². The summed E-state index contributed by atoms with van der Waals surface area (Å²) >= 11 is 0. The highest BCUT2D eigenvalue weighted by molar-refractivity contribution is 5.96. The van der Waals surface area contributed by atoms with Gasteiger partial charge in [0.15, 0.2) is 11.6 Å². The molecule has 5 nitrogen and oxygen atoms in total. The average molecular weight is 298 g/mol. The van der Waals surface area contributed by atoms with Crippen molar-refractivity contribution in [1.29, 1.82) is 0 Å². The van der Waals surface area contributed by atoms with Gasteiger partial charge in [0.2, 0.25) is 5.91 Å². The van der Waals surface area contributed by atoms with Crippen LogP contribution in [0.2, 0.25) is 0 Å². The van der Waals surface area contributed by atoms with Crippen molar-refractivity contribution in [3.63, 3.8) is 0 Å². The van der Waals surface area contributed by atoms with Crippen molar-refractivity contribution in [2.45, 2.75) is 24.9 Å². The van der Waals surface area contributed by atoms with Crippen molar-refractivity contribution in [1.82, 2.24) is 10.6 Å². The highest BCUT2D eigenvalue weighted by Gasteiger charge is 2.34. The fourth-order valence-corrected chi connectivity index (χ4v) is 1.99. The molecule has 2 rings (SSSR count). The SMILES string of the molecule is O=C(CNC(=O)c1ccc(F)c(F)c1)NCC1(O)CCC1. The Bertz CT molecular complexity index is 559. The number of halogens is 2. The summed E-state index contributed by atoms with van der Waals surface area (Å²) in [4.78, 5) is 23.2. The van der Waals surface area contributed by atoms with Crippen LogP contribution < -0.4 is 10.6 Å². The van der Waals surface area contributed by atoms with Gasteiger partial charge in [-0.05, 0) is 37.5 Å². The molecular formula is C14H16F2N2O3. The lowest BCUT2D eigenvalue weighted by Crippen LogP contribution is -2.49. The lowest BCUT2D eigenvalue weighted by Gasteiger charge is -2.36. The molecule has 0 saturated heterocycles. The van der Waals surface area contributed by atoms with Crippen LogP contribution in [0.5, 0.6) is 0 Å². The second-order valence-corrected chi connectivity index (χ2v) is 5.17. The van der Waals surface area contributed by atoms with E-state index in [1.54, 1.807) is 0 Å². The van der Waals surface area contributed by atoms with Gasteiger partial charge in [-0.1, -0.05) is 0 Å². The quantitative estimate of drug-likeness (QED) is 0.750. The van der Waals surface area contributed by atoms with Gasteiger partial charge in [0, 0.05) is 12.1 Å². The topological polar surface area (TPSA) is 78.4 Å². The molecule has 1 fully saturated rings. The Morgan fingerprint density at radius 3 is 2.48 bits per heavy atom. The maximum Gasteiger partial charge on any atom is 0.251 e. The van der Waals surface area contributed by atoms with Crippen molar-refractivity contribution in [3.8, 4) is 0 Å². The monoisotopic (exact) mass is 298 g/mol. The lowest BCUT2D eigenvalue weighted by atomic mass is 9.80. The second kappa shape index (κ2) is 6.17. The van der Waals surface area contributed by atoms with E-state index in [4.69, 9.17) is 0 Å². The van der Waals surface area contributed by atoms with E-state index in [0.29, 0.717) is 12.8 Å². The minimum absolute atomic E-state index is 0.0701. The fraction of sp³-hybridized carbons (Fsp3) is 0.429. The summed E-state index contributed by atoms with van der Waals surface area (Å²) in [6, 6.07) is 2.73. The standard InChI is InChI=1S/C14H16F2N2O3/c15-10-3-2-9(6-11(10)16)13(20)17-7-12(19)18-8-14(21)4-1-5-14/h2-3,6,21H,1,4-5,7-8H2,(H,17,20)(H,18,19). The first-order valence-corrected chi connectivity index (χ1v) is 6.62. The minimum Gasteiger partial charge on any atom is -0.388 e. The Kier molecular flexibility index (Phi) is 4.52. The molecule has 114 valence electrons. The number of amides is 2. The Morgan fingerprint density at radius 1 is 1.19 bits per heavy atom. The van der Waals surface area contributed by atoms with Crippen molar-refractivity contribution in [2.24, 2.45) is 0 Å². The molecule has 0 aliphatic heterocycles. The molecule has 21 heavy (non-hydrogen) atoms. The van der Waals surface area contributed by atoms with Crippen molar-refractivity contribution < 1.29 is 23.5 Å². The summed E-state index contributed by atoms with van der Waals surface area (Å²) < 4.78 is 25.7.